The number of carbonyl (C=O) groups is 1. The van der Waals surface area contributed by atoms with Gasteiger partial charge >= 0.3 is 12.1 Å². The van der Waals surface area contributed by atoms with Crippen LogP contribution < -0.4 is 9.47 Å². The van der Waals surface area contributed by atoms with Crippen LogP contribution in [0.4, 0.5) is 17.6 Å². The number of alkyl halides is 3. The molecule has 3 aromatic rings. The Hall–Kier alpha value is -3.39. The molecule has 0 spiro atoms. The van der Waals surface area contributed by atoms with E-state index in [2.05, 4.69) is 0 Å². The second kappa shape index (κ2) is 12.0. The molecule has 2 atom stereocenters. The Labute approximate surface area is 219 Å². The summed E-state index contributed by atoms with van der Waals surface area (Å²) in [5.41, 5.74) is 0.467. The summed E-state index contributed by atoms with van der Waals surface area (Å²) in [5.74, 6) is -3.44. The SMILES string of the molecule is CCCCOc1ccc(-c2ccc(OC(=O)C3CCC(c4ccc(C)cc4)OC3)c(C(F)(F)F)c2F)cc1. The van der Waals surface area contributed by atoms with E-state index in [4.69, 9.17) is 14.2 Å². The van der Waals surface area contributed by atoms with E-state index in [9.17, 15) is 18.0 Å². The van der Waals surface area contributed by atoms with Crippen molar-refractivity contribution in [3.8, 4) is 22.6 Å². The lowest BCUT2D eigenvalue weighted by molar-refractivity contribution is -0.149. The quantitative estimate of drug-likeness (QED) is 0.128. The molecule has 0 radical (unpaired) electrons. The van der Waals surface area contributed by atoms with Gasteiger partial charge in [-0.3, -0.25) is 4.79 Å². The number of rotatable bonds is 8. The van der Waals surface area contributed by atoms with Crippen molar-refractivity contribution in [3.05, 3.63) is 83.2 Å². The van der Waals surface area contributed by atoms with Gasteiger partial charge in [0.15, 0.2) is 0 Å². The molecule has 0 N–H and O–H groups in total. The highest BCUT2D eigenvalue weighted by Crippen LogP contribution is 2.42. The van der Waals surface area contributed by atoms with Crippen LogP contribution in [-0.2, 0) is 15.7 Å². The number of carbonyl (C=O) groups excluding carboxylic acids is 1. The molecule has 0 aliphatic carbocycles. The molecule has 1 fully saturated rings. The number of halogens is 4. The fourth-order valence-electron chi connectivity index (χ4n) is 4.37. The summed E-state index contributed by atoms with van der Waals surface area (Å²) in [7, 11) is 0. The molecule has 0 bridgehead atoms. The van der Waals surface area contributed by atoms with Crippen LogP contribution in [-0.4, -0.2) is 19.2 Å². The van der Waals surface area contributed by atoms with Crippen LogP contribution in [0.15, 0.2) is 60.7 Å². The Kier molecular flexibility index (Phi) is 8.72. The molecule has 2 unspecified atom stereocenters. The predicted octanol–water partition coefficient (Wildman–Crippen LogP) is 8.07. The molecule has 38 heavy (non-hydrogen) atoms. The van der Waals surface area contributed by atoms with E-state index in [-0.39, 0.29) is 23.8 Å². The van der Waals surface area contributed by atoms with Crippen LogP contribution >= 0.6 is 0 Å². The molecular weight excluding hydrogens is 500 g/mol. The first-order valence-corrected chi connectivity index (χ1v) is 12.7. The molecule has 1 saturated heterocycles. The minimum absolute atomic E-state index is 0.00592. The van der Waals surface area contributed by atoms with Gasteiger partial charge in [-0.05, 0) is 61.6 Å². The molecule has 3 aromatic carbocycles. The van der Waals surface area contributed by atoms with Crippen molar-refractivity contribution in [2.75, 3.05) is 13.2 Å². The molecule has 8 heteroatoms. The highest BCUT2D eigenvalue weighted by atomic mass is 19.4. The Bertz CT molecular complexity index is 1230. The predicted molar refractivity (Wildman–Crippen MR) is 135 cm³/mol. The normalized spacial score (nSPS) is 17.7. The van der Waals surface area contributed by atoms with E-state index in [1.165, 1.54) is 18.2 Å². The maximum Gasteiger partial charge on any atom is 0.422 e. The zero-order valence-electron chi connectivity index (χ0n) is 21.3. The first-order valence-electron chi connectivity index (χ1n) is 12.7. The monoisotopic (exact) mass is 530 g/mol. The minimum Gasteiger partial charge on any atom is -0.494 e. The van der Waals surface area contributed by atoms with Gasteiger partial charge in [0, 0.05) is 5.56 Å². The van der Waals surface area contributed by atoms with Crippen molar-refractivity contribution in [1.29, 1.82) is 0 Å². The van der Waals surface area contributed by atoms with Crippen molar-refractivity contribution in [2.24, 2.45) is 5.92 Å². The van der Waals surface area contributed by atoms with E-state index in [1.807, 2.05) is 38.1 Å². The Morgan fingerprint density at radius 2 is 1.71 bits per heavy atom. The van der Waals surface area contributed by atoms with Crippen molar-refractivity contribution < 1.29 is 36.6 Å². The number of benzene rings is 3. The third-order valence-corrected chi connectivity index (χ3v) is 6.59. The Balaban J connectivity index is 1.48. The van der Waals surface area contributed by atoms with Gasteiger partial charge in [-0.25, -0.2) is 4.39 Å². The first kappa shape index (κ1) is 27.6. The Morgan fingerprint density at radius 1 is 1.00 bits per heavy atom. The largest absolute Gasteiger partial charge is 0.494 e. The van der Waals surface area contributed by atoms with E-state index >= 15 is 4.39 Å². The summed E-state index contributed by atoms with van der Waals surface area (Å²) in [5, 5.41) is 0. The molecule has 4 nitrogen and oxygen atoms in total. The number of unbranched alkanes of at least 4 members (excludes halogenated alkanes) is 1. The molecule has 1 aliphatic heterocycles. The molecule has 1 aliphatic rings. The zero-order chi connectivity index (χ0) is 27.3. The fourth-order valence-corrected chi connectivity index (χ4v) is 4.37. The second-order valence-electron chi connectivity index (χ2n) is 9.45. The number of hydrogen-bond acceptors (Lipinski definition) is 4. The lowest BCUT2D eigenvalue weighted by Crippen LogP contribution is -2.31. The summed E-state index contributed by atoms with van der Waals surface area (Å²) in [6.45, 7) is 4.52. The summed E-state index contributed by atoms with van der Waals surface area (Å²) in [6.07, 6.45) is -2.55. The summed E-state index contributed by atoms with van der Waals surface area (Å²) >= 11 is 0. The van der Waals surface area contributed by atoms with Gasteiger partial charge in [-0.1, -0.05) is 55.3 Å². The van der Waals surface area contributed by atoms with Gasteiger partial charge in [-0.15, -0.1) is 0 Å². The van der Waals surface area contributed by atoms with Gasteiger partial charge < -0.3 is 14.2 Å². The van der Waals surface area contributed by atoms with Crippen molar-refractivity contribution >= 4 is 5.97 Å². The third-order valence-electron chi connectivity index (χ3n) is 6.59. The highest BCUT2D eigenvalue weighted by Gasteiger charge is 2.40. The van der Waals surface area contributed by atoms with Crippen molar-refractivity contribution in [3.63, 3.8) is 0 Å². The zero-order valence-corrected chi connectivity index (χ0v) is 21.3. The molecular formula is C30H30F4O4. The lowest BCUT2D eigenvalue weighted by Gasteiger charge is -2.28. The van der Waals surface area contributed by atoms with Crippen LogP contribution in [0.2, 0.25) is 0 Å². The molecule has 1 heterocycles. The lowest BCUT2D eigenvalue weighted by atomic mass is 9.94. The Morgan fingerprint density at radius 3 is 2.32 bits per heavy atom. The van der Waals surface area contributed by atoms with Gasteiger partial charge in [0.25, 0.3) is 0 Å². The maximum absolute atomic E-state index is 15.3. The summed E-state index contributed by atoms with van der Waals surface area (Å²) in [6, 6.07) is 16.2. The van der Waals surface area contributed by atoms with Crippen LogP contribution in [0.25, 0.3) is 11.1 Å². The third kappa shape index (κ3) is 6.54. The van der Waals surface area contributed by atoms with Crippen LogP contribution in [0.5, 0.6) is 11.5 Å². The van der Waals surface area contributed by atoms with Crippen LogP contribution in [0.3, 0.4) is 0 Å². The van der Waals surface area contributed by atoms with E-state index in [0.717, 1.165) is 30.0 Å². The van der Waals surface area contributed by atoms with Crippen molar-refractivity contribution in [1.82, 2.24) is 0 Å². The minimum atomic E-state index is -5.07. The summed E-state index contributed by atoms with van der Waals surface area (Å²) in [4.78, 5) is 12.7. The fraction of sp³-hybridized carbons (Fsp3) is 0.367. The van der Waals surface area contributed by atoms with Crippen LogP contribution in [0.1, 0.15) is 55.4 Å². The second-order valence-corrected chi connectivity index (χ2v) is 9.45. The maximum atomic E-state index is 15.3. The number of ether oxygens (including phenoxy) is 3. The van der Waals surface area contributed by atoms with E-state index in [1.54, 1.807) is 12.1 Å². The van der Waals surface area contributed by atoms with Gasteiger partial charge in [-0.2, -0.15) is 13.2 Å². The van der Waals surface area contributed by atoms with Crippen molar-refractivity contribution in [2.45, 2.75) is 51.8 Å². The van der Waals surface area contributed by atoms with Gasteiger partial charge in [0.2, 0.25) is 0 Å². The average Bonchev–Trinajstić information content (AvgIpc) is 2.89. The number of aryl methyl sites for hydroxylation is 1. The van der Waals surface area contributed by atoms with Gasteiger partial charge in [0.05, 0.1) is 25.2 Å². The highest BCUT2D eigenvalue weighted by molar-refractivity contribution is 5.77. The van der Waals surface area contributed by atoms with Gasteiger partial charge in [0.1, 0.15) is 22.9 Å². The van der Waals surface area contributed by atoms with Crippen LogP contribution in [0, 0.1) is 18.7 Å². The molecule has 0 saturated carbocycles. The molecule has 4 rings (SSSR count). The number of esters is 1. The average molecular weight is 531 g/mol. The number of hydrogen-bond donors (Lipinski definition) is 0. The van der Waals surface area contributed by atoms with E-state index in [0.29, 0.717) is 25.2 Å². The first-order chi connectivity index (χ1) is 18.2. The molecule has 0 aromatic heterocycles. The smallest absolute Gasteiger partial charge is 0.422 e. The summed E-state index contributed by atoms with van der Waals surface area (Å²) < 4.78 is 73.5. The van der Waals surface area contributed by atoms with E-state index < -0.39 is 35.2 Å². The molecule has 202 valence electrons. The standard InChI is InChI=1S/C30H30F4O4/c1-3-4-17-36-23-12-9-20(10-13-23)24-14-16-26(27(28(24)31)30(32,33)34)38-29(35)22-11-15-25(37-18-22)21-7-5-19(2)6-8-21/h5-10,12-14,16,22,25H,3-4,11,15,17-18H2,1-2H3. The molecule has 0 amide bonds. The topological polar surface area (TPSA) is 44.8 Å².